The molecule has 1 amide bonds. The van der Waals surface area contributed by atoms with Gasteiger partial charge in [0.25, 0.3) is 5.91 Å². The number of rotatable bonds is 6. The number of hydrogen-bond donors (Lipinski definition) is 1. The zero-order valence-corrected chi connectivity index (χ0v) is 21.7. The van der Waals surface area contributed by atoms with Crippen molar-refractivity contribution >= 4 is 46.1 Å². The van der Waals surface area contributed by atoms with Crippen molar-refractivity contribution in [2.75, 3.05) is 11.9 Å². The van der Waals surface area contributed by atoms with E-state index in [0.29, 0.717) is 34.1 Å². The van der Waals surface area contributed by atoms with Crippen LogP contribution in [0.15, 0.2) is 34.7 Å². The summed E-state index contributed by atoms with van der Waals surface area (Å²) >= 11 is 7.59. The van der Waals surface area contributed by atoms with Gasteiger partial charge < -0.3 is 14.5 Å². The molecule has 1 aromatic carbocycles. The molecule has 1 aliphatic carbocycles. The van der Waals surface area contributed by atoms with E-state index in [1.807, 2.05) is 0 Å². The van der Waals surface area contributed by atoms with Gasteiger partial charge in [-0.2, -0.15) is 5.26 Å². The second kappa shape index (κ2) is 10.3. The molecule has 9 heteroatoms. The number of esters is 1. The summed E-state index contributed by atoms with van der Waals surface area (Å²) in [4.78, 5) is 37.2. The number of nitrogens with zero attached hydrogens (tertiary/aromatic N) is 1. The first-order valence-electron chi connectivity index (χ1n) is 11.5. The highest BCUT2D eigenvalue weighted by molar-refractivity contribution is 7.16. The van der Waals surface area contributed by atoms with E-state index in [-0.39, 0.29) is 21.8 Å². The molecule has 3 aromatic rings. The predicted octanol–water partition coefficient (Wildman–Crippen LogP) is 6.29. The molecule has 0 saturated heterocycles. The molecule has 36 heavy (non-hydrogen) atoms. The second-order valence-electron chi connectivity index (χ2n) is 9.76. The molecule has 0 bridgehead atoms. The van der Waals surface area contributed by atoms with Crippen LogP contribution < -0.4 is 5.32 Å². The fraction of sp³-hybridized carbons (Fsp3) is 0.333. The van der Waals surface area contributed by atoms with Crippen molar-refractivity contribution in [2.24, 2.45) is 11.3 Å². The van der Waals surface area contributed by atoms with Crippen LogP contribution >= 0.6 is 22.9 Å². The number of ether oxygens (including phenoxy) is 1. The fourth-order valence-electron chi connectivity index (χ4n) is 4.31. The Balaban J connectivity index is 1.43. The fourth-order valence-corrected chi connectivity index (χ4v) is 5.80. The quantitative estimate of drug-likeness (QED) is 0.299. The van der Waals surface area contributed by atoms with E-state index in [0.717, 1.165) is 29.7 Å². The number of hydrogen-bond acceptors (Lipinski definition) is 7. The standard InChI is InChI=1S/C27H25ClN2O5S/c1-27(2,3)16-5-7-18-20(12-29)25(36-23(18)11-16)30-24(32)14-34-26(33)19-10-15(4-8-21(19)28)22-9-6-17(13-31)35-22/h4,6,8-10,13,16H,5,7,11,14H2,1-3H3,(H,30,32)/t16-/m1/s1. The van der Waals surface area contributed by atoms with Crippen molar-refractivity contribution in [3.05, 3.63) is 62.7 Å². The van der Waals surface area contributed by atoms with E-state index in [1.54, 1.807) is 12.1 Å². The van der Waals surface area contributed by atoms with E-state index in [1.165, 1.54) is 29.5 Å². The first kappa shape index (κ1) is 25.7. The van der Waals surface area contributed by atoms with E-state index >= 15 is 0 Å². The molecule has 0 saturated carbocycles. The number of amides is 1. The van der Waals surface area contributed by atoms with Gasteiger partial charge in [-0.25, -0.2) is 4.79 Å². The van der Waals surface area contributed by atoms with E-state index in [9.17, 15) is 19.6 Å². The highest BCUT2D eigenvalue weighted by atomic mass is 35.5. The van der Waals surface area contributed by atoms with Gasteiger partial charge in [0.1, 0.15) is 16.8 Å². The van der Waals surface area contributed by atoms with Gasteiger partial charge in [-0.1, -0.05) is 32.4 Å². The van der Waals surface area contributed by atoms with Gasteiger partial charge in [0, 0.05) is 10.4 Å². The largest absolute Gasteiger partial charge is 0.453 e. The normalized spacial score (nSPS) is 15.0. The Labute approximate surface area is 218 Å². The summed E-state index contributed by atoms with van der Waals surface area (Å²) in [6.45, 7) is 6.13. The summed E-state index contributed by atoms with van der Waals surface area (Å²) in [5.41, 5.74) is 2.25. The molecule has 4 rings (SSSR count). The number of carbonyl (C=O) groups is 3. The minimum atomic E-state index is -0.779. The Hall–Kier alpha value is -3.41. The Kier molecular flexibility index (Phi) is 7.34. The first-order valence-corrected chi connectivity index (χ1v) is 12.7. The molecule has 1 N–H and O–H groups in total. The van der Waals surface area contributed by atoms with Gasteiger partial charge in [0.2, 0.25) is 0 Å². The third kappa shape index (κ3) is 5.38. The van der Waals surface area contributed by atoms with E-state index in [4.69, 9.17) is 20.8 Å². The van der Waals surface area contributed by atoms with Crippen LogP contribution in [0.4, 0.5) is 5.00 Å². The number of fused-ring (bicyclic) bond motifs is 1. The maximum atomic E-state index is 12.7. The lowest BCUT2D eigenvalue weighted by Crippen LogP contribution is -2.26. The SMILES string of the molecule is CC(C)(C)[C@@H]1CCc2c(sc(NC(=O)COC(=O)c3cc(-c4ccc(C=O)o4)ccc3Cl)c2C#N)C1. The Morgan fingerprint density at radius 2 is 2.08 bits per heavy atom. The molecule has 186 valence electrons. The summed E-state index contributed by atoms with van der Waals surface area (Å²) in [6, 6.07) is 9.98. The van der Waals surface area contributed by atoms with Gasteiger partial charge in [0.05, 0.1) is 16.1 Å². The molecule has 2 heterocycles. The average molecular weight is 525 g/mol. The zero-order chi connectivity index (χ0) is 26.0. The van der Waals surface area contributed by atoms with Crippen molar-refractivity contribution < 1.29 is 23.5 Å². The molecule has 0 fully saturated rings. The number of aldehydes is 1. The van der Waals surface area contributed by atoms with Crippen LogP contribution in [0, 0.1) is 22.7 Å². The van der Waals surface area contributed by atoms with Gasteiger partial charge in [-0.15, -0.1) is 11.3 Å². The number of benzene rings is 1. The van der Waals surface area contributed by atoms with Crippen LogP contribution in [0.25, 0.3) is 11.3 Å². The lowest BCUT2D eigenvalue weighted by Gasteiger charge is -2.33. The maximum absolute atomic E-state index is 12.7. The lowest BCUT2D eigenvalue weighted by molar-refractivity contribution is -0.119. The van der Waals surface area contributed by atoms with Gasteiger partial charge in [0.15, 0.2) is 18.7 Å². The van der Waals surface area contributed by atoms with Crippen LogP contribution in [0.2, 0.25) is 5.02 Å². The molecule has 0 spiro atoms. The Morgan fingerprint density at radius 3 is 2.75 bits per heavy atom. The van der Waals surface area contributed by atoms with E-state index in [2.05, 4.69) is 32.2 Å². The summed E-state index contributed by atoms with van der Waals surface area (Å²) < 4.78 is 10.6. The molecule has 0 unspecified atom stereocenters. The van der Waals surface area contributed by atoms with Gasteiger partial charge in [-0.3, -0.25) is 9.59 Å². The molecule has 2 aromatic heterocycles. The number of anilines is 1. The molecular weight excluding hydrogens is 500 g/mol. The molecular formula is C27H25ClN2O5S. The monoisotopic (exact) mass is 524 g/mol. The highest BCUT2D eigenvalue weighted by Gasteiger charge is 2.32. The number of halogens is 1. The highest BCUT2D eigenvalue weighted by Crippen LogP contribution is 2.44. The molecule has 1 aliphatic rings. The summed E-state index contributed by atoms with van der Waals surface area (Å²) in [6.07, 6.45) is 3.27. The van der Waals surface area contributed by atoms with Crippen molar-refractivity contribution in [1.82, 2.24) is 0 Å². The minimum Gasteiger partial charge on any atom is -0.453 e. The minimum absolute atomic E-state index is 0.0588. The molecule has 1 atom stereocenters. The van der Waals surface area contributed by atoms with Crippen LogP contribution in [-0.2, 0) is 22.4 Å². The van der Waals surface area contributed by atoms with Gasteiger partial charge in [-0.05, 0) is 66.5 Å². The van der Waals surface area contributed by atoms with Crippen LogP contribution in [0.3, 0.4) is 0 Å². The van der Waals surface area contributed by atoms with Crippen LogP contribution in [0.1, 0.15) is 64.1 Å². The molecule has 0 aliphatic heterocycles. The number of nitriles is 1. The summed E-state index contributed by atoms with van der Waals surface area (Å²) in [5, 5.41) is 13.1. The first-order chi connectivity index (χ1) is 17.1. The number of nitrogens with one attached hydrogen (secondary N) is 1. The van der Waals surface area contributed by atoms with Crippen molar-refractivity contribution in [3.63, 3.8) is 0 Å². The average Bonchev–Trinajstić information content (AvgIpc) is 3.46. The van der Waals surface area contributed by atoms with Crippen molar-refractivity contribution in [2.45, 2.75) is 40.0 Å². The zero-order valence-electron chi connectivity index (χ0n) is 20.1. The topological polar surface area (TPSA) is 109 Å². The molecule has 0 radical (unpaired) electrons. The van der Waals surface area contributed by atoms with Crippen LogP contribution in [0.5, 0.6) is 0 Å². The van der Waals surface area contributed by atoms with E-state index < -0.39 is 18.5 Å². The predicted molar refractivity (Wildman–Crippen MR) is 137 cm³/mol. The summed E-state index contributed by atoms with van der Waals surface area (Å²) in [7, 11) is 0. The van der Waals surface area contributed by atoms with Crippen LogP contribution in [-0.4, -0.2) is 24.8 Å². The second-order valence-corrected chi connectivity index (χ2v) is 11.3. The lowest BCUT2D eigenvalue weighted by atomic mass is 9.72. The van der Waals surface area contributed by atoms with Gasteiger partial charge >= 0.3 is 5.97 Å². The molecule has 7 nitrogen and oxygen atoms in total. The Bertz CT molecular complexity index is 1380. The third-order valence-electron chi connectivity index (χ3n) is 6.40. The third-order valence-corrected chi connectivity index (χ3v) is 7.90. The Morgan fingerprint density at radius 1 is 1.31 bits per heavy atom. The number of furan rings is 1. The number of thiophene rings is 1. The smallest absolute Gasteiger partial charge is 0.340 e. The number of carbonyl (C=O) groups excluding carboxylic acids is 3. The maximum Gasteiger partial charge on any atom is 0.340 e. The van der Waals surface area contributed by atoms with Crippen molar-refractivity contribution in [3.8, 4) is 17.4 Å². The van der Waals surface area contributed by atoms with Crippen molar-refractivity contribution in [1.29, 1.82) is 5.26 Å². The summed E-state index contributed by atoms with van der Waals surface area (Å²) in [5.74, 6) is -0.272.